The van der Waals surface area contributed by atoms with E-state index in [1.165, 1.54) is 18.2 Å². The highest BCUT2D eigenvalue weighted by Crippen LogP contribution is 2.19. The molecule has 5 nitrogen and oxygen atoms in total. The van der Waals surface area contributed by atoms with Crippen LogP contribution in [0.1, 0.15) is 19.3 Å². The van der Waals surface area contributed by atoms with Gasteiger partial charge in [0.1, 0.15) is 5.82 Å². The highest BCUT2D eigenvalue weighted by Gasteiger charge is 2.07. The number of amides is 1. The minimum Gasteiger partial charge on any atom is -0.397 e. The van der Waals surface area contributed by atoms with Crippen molar-refractivity contribution < 1.29 is 13.9 Å². The van der Waals surface area contributed by atoms with E-state index in [4.69, 9.17) is 10.5 Å². The molecule has 1 rings (SSSR count). The number of ether oxygens (including phenoxy) is 1. The molecule has 0 heterocycles. The van der Waals surface area contributed by atoms with E-state index in [9.17, 15) is 9.18 Å². The van der Waals surface area contributed by atoms with Gasteiger partial charge in [0.25, 0.3) is 0 Å². The number of rotatable bonds is 9. The summed E-state index contributed by atoms with van der Waals surface area (Å²) in [5.74, 6) is -0.526. The van der Waals surface area contributed by atoms with Crippen molar-refractivity contribution in [3.05, 3.63) is 24.0 Å². The van der Waals surface area contributed by atoms with E-state index in [0.29, 0.717) is 12.1 Å². The summed E-state index contributed by atoms with van der Waals surface area (Å²) < 4.78 is 17.9. The first-order chi connectivity index (χ1) is 10.0. The number of nitrogens with two attached hydrogens (primary N) is 1. The number of halogens is 1. The summed E-state index contributed by atoms with van der Waals surface area (Å²) in [7, 11) is 3.71. The van der Waals surface area contributed by atoms with Gasteiger partial charge in [0.05, 0.1) is 11.4 Å². The molecule has 0 spiro atoms. The quantitative estimate of drug-likeness (QED) is 0.541. The van der Waals surface area contributed by atoms with E-state index in [2.05, 4.69) is 10.2 Å². The van der Waals surface area contributed by atoms with E-state index >= 15 is 0 Å². The Labute approximate surface area is 125 Å². The Kier molecular flexibility index (Phi) is 7.71. The fourth-order valence-electron chi connectivity index (χ4n) is 1.96. The van der Waals surface area contributed by atoms with Gasteiger partial charge in [-0.3, -0.25) is 4.79 Å². The normalized spacial score (nSPS) is 10.9. The number of carbonyl (C=O) groups is 1. The summed E-state index contributed by atoms with van der Waals surface area (Å²) in [6, 6.07) is 3.94. The third kappa shape index (κ3) is 7.06. The number of anilines is 2. The SMILES string of the molecule is COCCCN(C)CCCC(=O)Nc1ccc(F)cc1N. The fourth-order valence-corrected chi connectivity index (χ4v) is 1.96. The topological polar surface area (TPSA) is 67.6 Å². The molecule has 0 bridgehead atoms. The molecule has 1 aromatic rings. The van der Waals surface area contributed by atoms with Crippen LogP contribution in [0.3, 0.4) is 0 Å². The molecular formula is C15H24FN3O2. The second-order valence-electron chi connectivity index (χ2n) is 5.03. The summed E-state index contributed by atoms with van der Waals surface area (Å²) >= 11 is 0. The summed E-state index contributed by atoms with van der Waals surface area (Å²) in [5.41, 5.74) is 6.33. The molecule has 0 aliphatic carbocycles. The minimum atomic E-state index is -0.414. The average molecular weight is 297 g/mol. The van der Waals surface area contributed by atoms with Gasteiger partial charge in [-0.2, -0.15) is 0 Å². The fraction of sp³-hybridized carbons (Fsp3) is 0.533. The van der Waals surface area contributed by atoms with Crippen LogP contribution in [0, 0.1) is 5.82 Å². The monoisotopic (exact) mass is 297 g/mol. The molecule has 1 amide bonds. The number of nitrogen functional groups attached to an aromatic ring is 1. The third-order valence-electron chi connectivity index (χ3n) is 3.12. The van der Waals surface area contributed by atoms with Crippen LogP contribution >= 0.6 is 0 Å². The molecular weight excluding hydrogens is 273 g/mol. The van der Waals surface area contributed by atoms with Crippen LogP contribution in [0.4, 0.5) is 15.8 Å². The van der Waals surface area contributed by atoms with Crippen molar-refractivity contribution in [2.45, 2.75) is 19.3 Å². The molecule has 0 fully saturated rings. The number of hydrogen-bond acceptors (Lipinski definition) is 4. The van der Waals surface area contributed by atoms with Gasteiger partial charge >= 0.3 is 0 Å². The highest BCUT2D eigenvalue weighted by atomic mass is 19.1. The second kappa shape index (κ2) is 9.31. The van der Waals surface area contributed by atoms with Crippen LogP contribution in [-0.4, -0.2) is 44.7 Å². The van der Waals surface area contributed by atoms with E-state index in [0.717, 1.165) is 32.5 Å². The Morgan fingerprint density at radius 1 is 1.38 bits per heavy atom. The molecule has 0 saturated heterocycles. The van der Waals surface area contributed by atoms with Crippen molar-refractivity contribution in [2.75, 3.05) is 44.9 Å². The molecule has 6 heteroatoms. The lowest BCUT2D eigenvalue weighted by Gasteiger charge is -2.16. The van der Waals surface area contributed by atoms with E-state index in [1.54, 1.807) is 7.11 Å². The zero-order valence-corrected chi connectivity index (χ0v) is 12.7. The first-order valence-electron chi connectivity index (χ1n) is 7.05. The molecule has 1 aromatic carbocycles. The number of benzene rings is 1. The standard InChI is InChI=1S/C15H24FN3O2/c1-19(9-4-10-21-2)8-3-5-15(20)18-14-7-6-12(16)11-13(14)17/h6-7,11H,3-5,8-10,17H2,1-2H3,(H,18,20). The molecule has 0 aliphatic rings. The van der Waals surface area contributed by atoms with Crippen molar-refractivity contribution in [1.29, 1.82) is 0 Å². The number of methoxy groups -OCH3 is 1. The molecule has 0 unspecified atom stereocenters. The molecule has 21 heavy (non-hydrogen) atoms. The van der Waals surface area contributed by atoms with Crippen molar-refractivity contribution in [1.82, 2.24) is 4.90 Å². The van der Waals surface area contributed by atoms with Crippen molar-refractivity contribution in [3.8, 4) is 0 Å². The maximum Gasteiger partial charge on any atom is 0.224 e. The van der Waals surface area contributed by atoms with Gasteiger partial charge in [0, 0.05) is 26.7 Å². The molecule has 0 atom stereocenters. The van der Waals surface area contributed by atoms with Gasteiger partial charge < -0.3 is 20.7 Å². The van der Waals surface area contributed by atoms with Crippen LogP contribution in [0.5, 0.6) is 0 Å². The van der Waals surface area contributed by atoms with E-state index < -0.39 is 5.82 Å². The van der Waals surface area contributed by atoms with Gasteiger partial charge in [0.2, 0.25) is 5.91 Å². The first kappa shape index (κ1) is 17.4. The molecule has 118 valence electrons. The van der Waals surface area contributed by atoms with Crippen LogP contribution in [0.2, 0.25) is 0 Å². The largest absolute Gasteiger partial charge is 0.397 e. The lowest BCUT2D eigenvalue weighted by atomic mass is 10.2. The molecule has 0 aliphatic heterocycles. The number of hydrogen-bond donors (Lipinski definition) is 2. The summed E-state index contributed by atoms with van der Waals surface area (Å²) in [6.45, 7) is 2.53. The molecule has 3 N–H and O–H groups in total. The van der Waals surface area contributed by atoms with E-state index in [-0.39, 0.29) is 11.6 Å². The summed E-state index contributed by atoms with van der Waals surface area (Å²) in [4.78, 5) is 14.0. The Bertz CT molecular complexity index is 455. The van der Waals surface area contributed by atoms with Crippen molar-refractivity contribution in [3.63, 3.8) is 0 Å². The molecule has 0 radical (unpaired) electrons. The second-order valence-corrected chi connectivity index (χ2v) is 5.03. The maximum atomic E-state index is 12.9. The Morgan fingerprint density at radius 3 is 2.76 bits per heavy atom. The smallest absolute Gasteiger partial charge is 0.224 e. The minimum absolute atomic E-state index is 0.112. The van der Waals surface area contributed by atoms with Crippen LogP contribution in [0.25, 0.3) is 0 Å². The number of nitrogens with zero attached hydrogens (tertiary/aromatic N) is 1. The first-order valence-corrected chi connectivity index (χ1v) is 7.05. The Hall–Kier alpha value is -1.66. The van der Waals surface area contributed by atoms with Crippen molar-refractivity contribution >= 4 is 17.3 Å². The lowest BCUT2D eigenvalue weighted by Crippen LogP contribution is -2.23. The summed E-state index contributed by atoms with van der Waals surface area (Å²) in [6.07, 6.45) is 2.15. The van der Waals surface area contributed by atoms with Gasteiger partial charge in [-0.05, 0) is 44.6 Å². The zero-order valence-electron chi connectivity index (χ0n) is 12.7. The van der Waals surface area contributed by atoms with E-state index in [1.807, 2.05) is 7.05 Å². The van der Waals surface area contributed by atoms with Crippen LogP contribution in [-0.2, 0) is 9.53 Å². The third-order valence-corrected chi connectivity index (χ3v) is 3.12. The lowest BCUT2D eigenvalue weighted by molar-refractivity contribution is -0.116. The van der Waals surface area contributed by atoms with Crippen LogP contribution < -0.4 is 11.1 Å². The van der Waals surface area contributed by atoms with Gasteiger partial charge in [-0.25, -0.2) is 4.39 Å². The van der Waals surface area contributed by atoms with Gasteiger partial charge in [-0.15, -0.1) is 0 Å². The van der Waals surface area contributed by atoms with Gasteiger partial charge in [0.15, 0.2) is 0 Å². The number of carbonyl (C=O) groups excluding carboxylic acids is 1. The van der Waals surface area contributed by atoms with Crippen molar-refractivity contribution in [2.24, 2.45) is 0 Å². The predicted molar refractivity (Wildman–Crippen MR) is 82.7 cm³/mol. The van der Waals surface area contributed by atoms with Crippen LogP contribution in [0.15, 0.2) is 18.2 Å². The molecule has 0 saturated carbocycles. The average Bonchev–Trinajstić information content (AvgIpc) is 2.42. The van der Waals surface area contributed by atoms with Gasteiger partial charge in [-0.1, -0.05) is 0 Å². The maximum absolute atomic E-state index is 12.9. The Morgan fingerprint density at radius 2 is 2.10 bits per heavy atom. The molecule has 0 aromatic heterocycles. The zero-order chi connectivity index (χ0) is 15.7. The number of nitrogens with one attached hydrogen (secondary N) is 1. The predicted octanol–water partition coefficient (Wildman–Crippen LogP) is 2.09. The summed E-state index contributed by atoms with van der Waals surface area (Å²) in [5, 5.41) is 2.69. The Balaban J connectivity index is 2.25. The highest BCUT2D eigenvalue weighted by molar-refractivity contribution is 5.93.